The van der Waals surface area contributed by atoms with E-state index in [9.17, 15) is 67.4 Å². The second-order valence-corrected chi connectivity index (χ2v) is 21.8. The van der Waals surface area contributed by atoms with Crippen molar-refractivity contribution in [3.8, 4) is 0 Å². The summed E-state index contributed by atoms with van der Waals surface area (Å²) >= 11 is 0. The molecule has 0 fully saturated rings. The van der Waals surface area contributed by atoms with Gasteiger partial charge in [0.25, 0.3) is 11.8 Å². The summed E-state index contributed by atoms with van der Waals surface area (Å²) in [4.78, 5) is 165. The first-order valence-electron chi connectivity index (χ1n) is 25.2. The molecule has 3 rings (SSSR count). The van der Waals surface area contributed by atoms with E-state index >= 15 is 0 Å². The number of ether oxygens (including phenoxy) is 4. The van der Waals surface area contributed by atoms with Gasteiger partial charge in [0, 0.05) is 45.3 Å². The van der Waals surface area contributed by atoms with Gasteiger partial charge in [0.15, 0.2) is 0 Å². The zero-order valence-electron chi connectivity index (χ0n) is 47.8. The molecule has 0 radical (unpaired) electrons. The van der Waals surface area contributed by atoms with Crippen LogP contribution in [0.25, 0.3) is 0 Å². The van der Waals surface area contributed by atoms with Crippen molar-refractivity contribution in [1.29, 1.82) is 0 Å². The molecular weight excluding hydrogens is 1090 g/mol. The molecule has 83 heavy (non-hydrogen) atoms. The summed E-state index contributed by atoms with van der Waals surface area (Å²) in [6.45, 7) is 15.7. The van der Waals surface area contributed by atoms with Crippen LogP contribution in [0, 0.1) is 0 Å². The Morgan fingerprint density at radius 1 is 0.301 bits per heavy atom. The summed E-state index contributed by atoms with van der Waals surface area (Å²) < 4.78 is 20.5. The number of hydrogen-bond donors (Lipinski definition) is 13. The van der Waals surface area contributed by atoms with Crippen LogP contribution in [0.3, 0.4) is 0 Å². The minimum absolute atomic E-state index is 0.0576. The zero-order valence-corrected chi connectivity index (χ0v) is 47.8. The Balaban J connectivity index is 1.76. The monoisotopic (exact) mass is 1160 g/mol. The highest BCUT2D eigenvalue weighted by Gasteiger charge is 2.23. The highest BCUT2D eigenvalue weighted by Crippen LogP contribution is 2.23. The number of rotatable bonds is 21. The summed E-state index contributed by atoms with van der Waals surface area (Å²) in [5, 5.41) is 38.4. The van der Waals surface area contributed by atoms with Crippen LogP contribution in [0.15, 0.2) is 54.6 Å². The predicted molar refractivity (Wildman–Crippen MR) is 300 cm³/mol. The molecule has 450 valence electrons. The van der Waals surface area contributed by atoms with E-state index in [1.807, 2.05) is 0 Å². The third kappa shape index (κ3) is 28.1. The van der Waals surface area contributed by atoms with E-state index in [0.717, 1.165) is 12.1 Å². The highest BCUT2D eigenvalue weighted by atomic mass is 16.6. The van der Waals surface area contributed by atoms with Crippen molar-refractivity contribution in [2.45, 2.75) is 105 Å². The Labute approximate surface area is 476 Å². The molecule has 30 heteroatoms. The van der Waals surface area contributed by atoms with Crippen LogP contribution in [-0.2, 0) is 47.7 Å². The number of anilines is 6. The quantitative estimate of drug-likeness (QED) is 0.0671. The number of benzene rings is 3. The van der Waals surface area contributed by atoms with E-state index in [0.29, 0.717) is 0 Å². The maximum atomic E-state index is 13.5. The lowest BCUT2D eigenvalue weighted by Crippen LogP contribution is -2.37. The van der Waals surface area contributed by atoms with Crippen molar-refractivity contribution >= 4 is 112 Å². The normalized spacial score (nSPS) is 11.1. The summed E-state index contributed by atoms with van der Waals surface area (Å²) in [6.07, 6.45) is -3.57. The Morgan fingerprint density at radius 3 is 0.663 bits per heavy atom. The van der Waals surface area contributed by atoms with Gasteiger partial charge in [-0.2, -0.15) is 0 Å². The van der Waals surface area contributed by atoms with Crippen molar-refractivity contribution in [1.82, 2.24) is 31.9 Å². The van der Waals surface area contributed by atoms with E-state index in [2.05, 4.69) is 63.8 Å². The van der Waals surface area contributed by atoms with E-state index < -0.39 is 145 Å². The van der Waals surface area contributed by atoms with Crippen molar-refractivity contribution in [3.63, 3.8) is 0 Å². The summed E-state index contributed by atoms with van der Waals surface area (Å²) in [7, 11) is 0. The number of amides is 12. The van der Waals surface area contributed by atoms with Crippen molar-refractivity contribution in [2.75, 3.05) is 71.2 Å². The number of aromatic carboxylic acids is 1. The van der Waals surface area contributed by atoms with Crippen molar-refractivity contribution in [2.24, 2.45) is 0 Å². The minimum atomic E-state index is -1.48. The molecule has 0 aromatic heterocycles. The van der Waals surface area contributed by atoms with Gasteiger partial charge in [0.05, 0.1) is 18.7 Å². The molecule has 3 aromatic rings. The first-order valence-corrected chi connectivity index (χ1v) is 25.2. The Kier molecular flexibility index (Phi) is 23.8. The van der Waals surface area contributed by atoms with E-state index in [4.69, 9.17) is 18.9 Å². The number of carboxylic acids is 1. The molecule has 0 bridgehead atoms. The fourth-order valence-electron chi connectivity index (χ4n) is 6.32. The van der Waals surface area contributed by atoms with Gasteiger partial charge in [0.1, 0.15) is 48.6 Å². The van der Waals surface area contributed by atoms with E-state index in [1.54, 1.807) is 83.1 Å². The summed E-state index contributed by atoms with van der Waals surface area (Å²) in [5.74, 6) is -8.22. The molecule has 0 saturated heterocycles. The third-order valence-electron chi connectivity index (χ3n) is 9.26. The van der Waals surface area contributed by atoms with Gasteiger partial charge in [-0.25, -0.2) is 24.0 Å². The maximum Gasteiger partial charge on any atom is 0.408 e. The van der Waals surface area contributed by atoms with Gasteiger partial charge in [-0.3, -0.25) is 38.4 Å². The van der Waals surface area contributed by atoms with E-state index in [-0.39, 0.29) is 45.3 Å². The molecule has 12 amide bonds. The number of carboxylic acid groups (broad SMARTS) is 1. The SMILES string of the molecule is CC(C)(C)OC(=O)NCC(=O)Nc1cc(NC(=O)CNC(=O)OC(C)(C)C)cc(C(=O)NCC(=O)Nc2cc(NC(=O)CNC(=O)c3cc(NC(=O)CNC(=O)OC(C)(C)C)cc(NC(=O)CNC(=O)OC(C)(C)C)c3)cc(C(=O)O)c2)c1. The minimum Gasteiger partial charge on any atom is -0.478 e. The molecule has 0 saturated carbocycles. The lowest BCUT2D eigenvalue weighted by Gasteiger charge is -2.19. The topological polar surface area (TPSA) is 423 Å². The molecule has 13 N–H and O–H groups in total. The largest absolute Gasteiger partial charge is 0.478 e. The Hall–Kier alpha value is -10.0. The molecule has 0 unspecified atom stereocenters. The van der Waals surface area contributed by atoms with Crippen LogP contribution >= 0.6 is 0 Å². The number of nitrogens with one attached hydrogen (secondary N) is 12. The standard InChI is InChI=1S/C53H70N12O18/c1-50(2,3)80-46(76)56-24-39(68)60-31-13-28(14-32(19-31)61-40(69)25-57-47(77)81-51(4,5)6)43(72)54-22-37(66)64-35-17-30(45(74)75)18-36(21-35)65-38(67)23-55-44(73)29-15-33(62-41(70)26-58-48(78)82-52(7,8)9)20-34(16-29)63-42(71)27-59-49(79)83-53(10,11)12/h13-21H,22-27H2,1-12H3,(H,54,72)(H,55,73)(H,56,76)(H,57,77)(H,58,78)(H,59,79)(H,60,68)(H,61,69)(H,62,70)(H,63,71)(H,64,66)(H,65,67)(H,74,75). The number of carbonyl (C=O) groups excluding carboxylic acids is 12. The summed E-state index contributed by atoms with van der Waals surface area (Å²) in [5.41, 5.74) is -4.86. The van der Waals surface area contributed by atoms with Crippen LogP contribution < -0.4 is 63.8 Å². The molecule has 0 heterocycles. The zero-order chi connectivity index (χ0) is 62.6. The second-order valence-electron chi connectivity index (χ2n) is 21.8. The average molecular weight is 1160 g/mol. The average Bonchev–Trinajstić information content (AvgIpc) is 3.38. The molecule has 0 atom stereocenters. The van der Waals surface area contributed by atoms with Crippen LogP contribution in [0.1, 0.15) is 114 Å². The Bertz CT molecular complexity index is 2670. The van der Waals surface area contributed by atoms with Gasteiger partial charge in [-0.1, -0.05) is 0 Å². The first kappa shape index (κ1) is 67.2. The summed E-state index contributed by atoms with van der Waals surface area (Å²) in [6, 6.07) is 10.5. The lowest BCUT2D eigenvalue weighted by molar-refractivity contribution is -0.116. The lowest BCUT2D eigenvalue weighted by atomic mass is 10.1. The molecule has 3 aromatic carbocycles. The number of hydrogen-bond acceptors (Lipinski definition) is 17. The molecular formula is C53H70N12O18. The van der Waals surface area contributed by atoms with Crippen LogP contribution in [0.2, 0.25) is 0 Å². The molecule has 0 aliphatic rings. The van der Waals surface area contributed by atoms with Gasteiger partial charge >= 0.3 is 30.3 Å². The number of alkyl carbamates (subject to hydrolysis) is 4. The third-order valence-corrected chi connectivity index (χ3v) is 9.26. The van der Waals surface area contributed by atoms with Gasteiger partial charge in [0.2, 0.25) is 35.4 Å². The van der Waals surface area contributed by atoms with Gasteiger partial charge in [-0.05, 0) is 138 Å². The fourth-order valence-corrected chi connectivity index (χ4v) is 6.32. The van der Waals surface area contributed by atoms with Crippen LogP contribution in [-0.4, -0.2) is 144 Å². The van der Waals surface area contributed by atoms with Gasteiger partial charge in [-0.15, -0.1) is 0 Å². The molecule has 0 aliphatic carbocycles. The highest BCUT2D eigenvalue weighted by molar-refractivity contribution is 6.06. The van der Waals surface area contributed by atoms with Gasteiger partial charge < -0.3 is 87.9 Å². The molecule has 0 aliphatic heterocycles. The maximum absolute atomic E-state index is 13.5. The smallest absolute Gasteiger partial charge is 0.408 e. The fraction of sp³-hybridized carbons (Fsp3) is 0.415. The molecule has 30 nitrogen and oxygen atoms in total. The number of carbonyl (C=O) groups is 13. The van der Waals surface area contributed by atoms with Crippen LogP contribution in [0.5, 0.6) is 0 Å². The van der Waals surface area contributed by atoms with Crippen molar-refractivity contribution in [3.05, 3.63) is 71.3 Å². The second kappa shape index (κ2) is 29.4. The molecule has 0 spiro atoms. The first-order chi connectivity index (χ1) is 38.3. The van der Waals surface area contributed by atoms with E-state index in [1.165, 1.54) is 42.5 Å². The van der Waals surface area contributed by atoms with Crippen LogP contribution in [0.4, 0.5) is 53.3 Å². The van der Waals surface area contributed by atoms with Crippen molar-refractivity contribution < 1.29 is 86.4 Å². The predicted octanol–water partition coefficient (Wildman–Crippen LogP) is 3.97. The Morgan fingerprint density at radius 2 is 0.482 bits per heavy atom.